The lowest BCUT2D eigenvalue weighted by molar-refractivity contribution is -0.114. The second-order valence-electron chi connectivity index (χ2n) is 5.17. The van der Waals surface area contributed by atoms with Crippen LogP contribution in [0.5, 0.6) is 0 Å². The Morgan fingerprint density at radius 2 is 1.86 bits per heavy atom. The molecule has 0 atom stereocenters. The van der Waals surface area contributed by atoms with E-state index in [0.29, 0.717) is 10.6 Å². The monoisotopic (exact) mass is 317 g/mol. The second-order valence-corrected chi connectivity index (χ2v) is 6.40. The van der Waals surface area contributed by atoms with Gasteiger partial charge in [0.05, 0.1) is 5.56 Å². The fraction of sp³-hybridized carbons (Fsp3) is 0.294. The number of amides is 1. The Kier molecular flexibility index (Phi) is 4.98. The lowest BCUT2D eigenvalue weighted by Crippen LogP contribution is -2.12. The molecule has 0 fully saturated rings. The van der Waals surface area contributed by atoms with Crippen LogP contribution in [-0.4, -0.2) is 11.9 Å². The zero-order valence-electron chi connectivity index (χ0n) is 13.1. The third kappa shape index (κ3) is 3.54. The molecule has 0 aliphatic carbocycles. The van der Waals surface area contributed by atoms with Gasteiger partial charge in [-0.25, -0.2) is 4.79 Å². The van der Waals surface area contributed by atoms with E-state index in [-0.39, 0.29) is 12.5 Å². The zero-order chi connectivity index (χ0) is 16.3. The first-order valence-corrected chi connectivity index (χ1v) is 7.81. The molecule has 0 unspecified atom stereocenters. The molecule has 0 spiro atoms. The average Bonchev–Trinajstić information content (AvgIpc) is 2.72. The highest BCUT2D eigenvalue weighted by Crippen LogP contribution is 2.33. The minimum atomic E-state index is -0.408. The molecule has 1 aromatic heterocycles. The van der Waals surface area contributed by atoms with Crippen molar-refractivity contribution in [1.29, 1.82) is 0 Å². The number of nitrogens with one attached hydrogen (secondary N) is 1. The molecule has 5 heteroatoms. The Hall–Kier alpha value is -2.14. The van der Waals surface area contributed by atoms with Crippen LogP contribution in [-0.2, 0) is 16.1 Å². The molecule has 0 aliphatic heterocycles. The van der Waals surface area contributed by atoms with Crippen molar-refractivity contribution in [3.63, 3.8) is 0 Å². The maximum absolute atomic E-state index is 12.4. The number of anilines is 1. The Morgan fingerprint density at radius 1 is 1.18 bits per heavy atom. The Labute approximate surface area is 134 Å². The second kappa shape index (κ2) is 6.75. The number of hydrogen-bond acceptors (Lipinski definition) is 4. The van der Waals surface area contributed by atoms with Crippen molar-refractivity contribution in [1.82, 2.24) is 0 Å². The normalized spacial score (nSPS) is 10.4. The summed E-state index contributed by atoms with van der Waals surface area (Å²) < 4.78 is 5.43. The Bertz CT molecular complexity index is 719. The summed E-state index contributed by atoms with van der Waals surface area (Å²) >= 11 is 1.39. The summed E-state index contributed by atoms with van der Waals surface area (Å²) in [5.41, 5.74) is 3.35. The number of rotatable bonds is 4. The van der Waals surface area contributed by atoms with Crippen LogP contribution in [0.25, 0.3) is 0 Å². The van der Waals surface area contributed by atoms with Gasteiger partial charge in [0.2, 0.25) is 5.91 Å². The van der Waals surface area contributed by atoms with Gasteiger partial charge in [-0.3, -0.25) is 4.79 Å². The molecule has 1 heterocycles. The molecular weight excluding hydrogens is 298 g/mol. The van der Waals surface area contributed by atoms with Crippen LogP contribution < -0.4 is 5.32 Å². The van der Waals surface area contributed by atoms with Gasteiger partial charge in [0.15, 0.2) is 0 Å². The molecule has 4 nitrogen and oxygen atoms in total. The quantitative estimate of drug-likeness (QED) is 0.868. The van der Waals surface area contributed by atoms with Gasteiger partial charge in [-0.1, -0.05) is 24.3 Å². The van der Waals surface area contributed by atoms with Crippen LogP contribution in [0, 0.1) is 20.8 Å². The van der Waals surface area contributed by atoms with Gasteiger partial charge in [-0.15, -0.1) is 11.3 Å². The van der Waals surface area contributed by atoms with E-state index in [1.807, 2.05) is 45.0 Å². The fourth-order valence-electron chi connectivity index (χ4n) is 2.11. The molecule has 22 heavy (non-hydrogen) atoms. The van der Waals surface area contributed by atoms with E-state index in [4.69, 9.17) is 4.74 Å². The number of aryl methyl sites for hydroxylation is 2. The lowest BCUT2D eigenvalue weighted by Gasteiger charge is -2.09. The minimum absolute atomic E-state index is 0.200. The predicted molar refractivity (Wildman–Crippen MR) is 88.4 cm³/mol. The molecule has 0 bridgehead atoms. The van der Waals surface area contributed by atoms with E-state index in [9.17, 15) is 9.59 Å². The van der Waals surface area contributed by atoms with Crippen molar-refractivity contribution in [2.75, 3.05) is 5.32 Å². The van der Waals surface area contributed by atoms with Gasteiger partial charge in [0.25, 0.3) is 0 Å². The molecule has 1 amide bonds. The summed E-state index contributed by atoms with van der Waals surface area (Å²) in [6, 6.07) is 7.77. The van der Waals surface area contributed by atoms with Crippen molar-refractivity contribution in [2.24, 2.45) is 0 Å². The topological polar surface area (TPSA) is 55.4 Å². The highest BCUT2D eigenvalue weighted by molar-refractivity contribution is 7.16. The van der Waals surface area contributed by atoms with Crippen molar-refractivity contribution >= 4 is 28.2 Å². The van der Waals surface area contributed by atoms with Crippen LogP contribution in [0.3, 0.4) is 0 Å². The number of hydrogen-bond donors (Lipinski definition) is 1. The van der Waals surface area contributed by atoms with Crippen LogP contribution in [0.2, 0.25) is 0 Å². The smallest absolute Gasteiger partial charge is 0.341 e. The van der Waals surface area contributed by atoms with Gasteiger partial charge in [-0.05, 0) is 37.5 Å². The van der Waals surface area contributed by atoms with E-state index in [0.717, 1.165) is 21.6 Å². The van der Waals surface area contributed by atoms with Gasteiger partial charge in [0.1, 0.15) is 11.6 Å². The van der Waals surface area contributed by atoms with Crippen molar-refractivity contribution < 1.29 is 14.3 Å². The SMILES string of the molecule is CC(=O)Nc1sc(C)c(C)c1C(=O)OCc1ccccc1C. The molecule has 0 aliphatic rings. The summed E-state index contributed by atoms with van der Waals surface area (Å²) in [4.78, 5) is 24.7. The van der Waals surface area contributed by atoms with Crippen LogP contribution >= 0.6 is 11.3 Å². The van der Waals surface area contributed by atoms with E-state index in [1.54, 1.807) is 0 Å². The molecular formula is C17H19NO3S. The van der Waals surface area contributed by atoms with Crippen LogP contribution in [0.15, 0.2) is 24.3 Å². The van der Waals surface area contributed by atoms with Crippen LogP contribution in [0.1, 0.15) is 38.8 Å². The minimum Gasteiger partial charge on any atom is -0.457 e. The molecule has 0 saturated carbocycles. The number of ether oxygens (including phenoxy) is 1. The number of esters is 1. The molecule has 116 valence electrons. The van der Waals surface area contributed by atoms with Crippen molar-refractivity contribution in [3.05, 3.63) is 51.4 Å². The maximum Gasteiger partial charge on any atom is 0.341 e. The third-order valence-corrected chi connectivity index (χ3v) is 4.62. The molecule has 1 N–H and O–H groups in total. The number of thiophene rings is 1. The van der Waals surface area contributed by atoms with Gasteiger partial charge in [-0.2, -0.15) is 0 Å². The van der Waals surface area contributed by atoms with Gasteiger partial charge in [0, 0.05) is 11.8 Å². The Balaban J connectivity index is 2.19. The fourth-order valence-corrected chi connectivity index (χ4v) is 3.20. The first-order chi connectivity index (χ1) is 10.4. The van der Waals surface area contributed by atoms with E-state index in [1.165, 1.54) is 18.3 Å². The summed E-state index contributed by atoms with van der Waals surface area (Å²) in [5.74, 6) is -0.608. The standard InChI is InChI=1S/C17H19NO3S/c1-10-7-5-6-8-14(10)9-21-17(20)15-11(2)12(3)22-16(15)18-13(4)19/h5-8H,9H2,1-4H3,(H,18,19). The molecule has 1 aromatic carbocycles. The zero-order valence-corrected chi connectivity index (χ0v) is 14.0. The largest absolute Gasteiger partial charge is 0.457 e. The first-order valence-electron chi connectivity index (χ1n) is 6.99. The van der Waals surface area contributed by atoms with Gasteiger partial charge < -0.3 is 10.1 Å². The van der Waals surface area contributed by atoms with E-state index in [2.05, 4.69) is 5.32 Å². The molecule has 2 rings (SSSR count). The van der Waals surface area contributed by atoms with Crippen molar-refractivity contribution in [2.45, 2.75) is 34.3 Å². The summed E-state index contributed by atoms with van der Waals surface area (Å²) in [6.45, 7) is 7.41. The summed E-state index contributed by atoms with van der Waals surface area (Å²) in [5, 5.41) is 3.26. The summed E-state index contributed by atoms with van der Waals surface area (Å²) in [6.07, 6.45) is 0. The van der Waals surface area contributed by atoms with E-state index >= 15 is 0 Å². The van der Waals surface area contributed by atoms with E-state index < -0.39 is 5.97 Å². The number of carbonyl (C=O) groups excluding carboxylic acids is 2. The lowest BCUT2D eigenvalue weighted by atomic mass is 10.1. The first kappa shape index (κ1) is 16.2. The van der Waals surface area contributed by atoms with Crippen LogP contribution in [0.4, 0.5) is 5.00 Å². The molecule has 2 aromatic rings. The maximum atomic E-state index is 12.4. The van der Waals surface area contributed by atoms with Gasteiger partial charge >= 0.3 is 5.97 Å². The van der Waals surface area contributed by atoms with Crippen molar-refractivity contribution in [3.8, 4) is 0 Å². The summed E-state index contributed by atoms with van der Waals surface area (Å²) in [7, 11) is 0. The highest BCUT2D eigenvalue weighted by atomic mass is 32.1. The number of carbonyl (C=O) groups is 2. The molecule has 0 radical (unpaired) electrons. The number of benzene rings is 1. The highest BCUT2D eigenvalue weighted by Gasteiger charge is 2.21. The average molecular weight is 317 g/mol. The predicted octanol–water partition coefficient (Wildman–Crippen LogP) is 3.99. The Morgan fingerprint density at radius 3 is 2.50 bits per heavy atom. The third-order valence-electron chi connectivity index (χ3n) is 3.50. The molecule has 0 saturated heterocycles.